The second-order valence-electron chi connectivity index (χ2n) is 10.4. The van der Waals surface area contributed by atoms with Gasteiger partial charge >= 0.3 is 6.36 Å². The molecule has 1 fully saturated rings. The summed E-state index contributed by atoms with van der Waals surface area (Å²) in [5.74, 6) is -0.533. The standard InChI is InChI=1S/C30H30F3N5O5/c1-17(2)36-27(39)25-24(41-16-42-25)14-35-29-34-13-20-12-23(22-10-5-4-7-18(22)3)28(40)38(26(20)37-29)15-19-8-6-9-21(11-19)43-30(31,32)33/h4-13,17,24-25H,14-16H2,1-3H3,(H,36,39)(H,34,35,37)/t24-,25+/m0/s1. The maximum absolute atomic E-state index is 13.9. The number of carbonyl (C=O) groups excluding carboxylic acids is 1. The molecular weight excluding hydrogens is 567 g/mol. The fraction of sp³-hybridized carbons (Fsp3) is 0.333. The van der Waals surface area contributed by atoms with Gasteiger partial charge in [0.05, 0.1) is 6.54 Å². The van der Waals surface area contributed by atoms with Gasteiger partial charge in [0.2, 0.25) is 5.95 Å². The molecule has 5 rings (SSSR count). The van der Waals surface area contributed by atoms with Crippen molar-refractivity contribution < 1.29 is 32.2 Å². The van der Waals surface area contributed by atoms with E-state index in [9.17, 15) is 22.8 Å². The first-order valence-corrected chi connectivity index (χ1v) is 13.6. The van der Waals surface area contributed by atoms with Crippen LogP contribution in [0.15, 0.2) is 65.6 Å². The largest absolute Gasteiger partial charge is 0.573 e. The summed E-state index contributed by atoms with van der Waals surface area (Å²) in [5.41, 5.74) is 2.26. The van der Waals surface area contributed by atoms with Crippen LogP contribution in [0.2, 0.25) is 0 Å². The van der Waals surface area contributed by atoms with Gasteiger partial charge in [-0.1, -0.05) is 36.4 Å². The number of rotatable bonds is 9. The Morgan fingerprint density at radius 2 is 1.91 bits per heavy atom. The first kappa shape index (κ1) is 30.0. The topological polar surface area (TPSA) is 117 Å². The summed E-state index contributed by atoms with van der Waals surface area (Å²) in [4.78, 5) is 35.4. The fourth-order valence-electron chi connectivity index (χ4n) is 4.85. The van der Waals surface area contributed by atoms with E-state index < -0.39 is 24.3 Å². The molecular formula is C30H30F3N5O5. The maximum Gasteiger partial charge on any atom is 0.573 e. The zero-order valence-corrected chi connectivity index (χ0v) is 23.6. The summed E-state index contributed by atoms with van der Waals surface area (Å²) in [5, 5.41) is 6.39. The quantitative estimate of drug-likeness (QED) is 0.292. The van der Waals surface area contributed by atoms with E-state index in [1.165, 1.54) is 22.8 Å². The number of amides is 1. The van der Waals surface area contributed by atoms with Crippen LogP contribution < -0.4 is 20.9 Å². The number of ether oxygens (including phenoxy) is 3. The van der Waals surface area contributed by atoms with Crippen LogP contribution in [-0.4, -0.2) is 58.4 Å². The monoisotopic (exact) mass is 597 g/mol. The van der Waals surface area contributed by atoms with E-state index >= 15 is 0 Å². The molecule has 0 bridgehead atoms. The molecule has 0 spiro atoms. The molecule has 0 saturated carbocycles. The lowest BCUT2D eigenvalue weighted by atomic mass is 10.0. The fourth-order valence-corrected chi connectivity index (χ4v) is 4.85. The highest BCUT2D eigenvalue weighted by Crippen LogP contribution is 2.26. The predicted molar refractivity (Wildman–Crippen MR) is 153 cm³/mol. The minimum absolute atomic E-state index is 0.0422. The Bertz CT molecular complexity index is 1690. The summed E-state index contributed by atoms with van der Waals surface area (Å²) < 4.78 is 55.1. The van der Waals surface area contributed by atoms with E-state index in [1.54, 1.807) is 18.3 Å². The van der Waals surface area contributed by atoms with E-state index in [-0.39, 0.29) is 49.0 Å². The molecule has 4 aromatic rings. The molecule has 2 atom stereocenters. The van der Waals surface area contributed by atoms with E-state index in [1.807, 2.05) is 45.0 Å². The summed E-state index contributed by atoms with van der Waals surface area (Å²) in [6.45, 7) is 5.58. The van der Waals surface area contributed by atoms with Crippen LogP contribution in [0.1, 0.15) is 25.0 Å². The molecule has 10 nitrogen and oxygen atoms in total. The number of aromatic nitrogens is 3. The van der Waals surface area contributed by atoms with Gasteiger partial charge in [0.15, 0.2) is 6.10 Å². The minimum Gasteiger partial charge on any atom is -0.406 e. The Morgan fingerprint density at radius 1 is 1.12 bits per heavy atom. The van der Waals surface area contributed by atoms with Crippen LogP contribution in [0.4, 0.5) is 19.1 Å². The zero-order chi connectivity index (χ0) is 30.7. The molecule has 2 N–H and O–H groups in total. The molecule has 0 aliphatic carbocycles. The van der Waals surface area contributed by atoms with Gasteiger partial charge in [-0.15, -0.1) is 13.2 Å². The molecule has 2 aromatic heterocycles. The van der Waals surface area contributed by atoms with Crippen molar-refractivity contribution in [3.63, 3.8) is 0 Å². The highest BCUT2D eigenvalue weighted by molar-refractivity contribution is 5.83. The Morgan fingerprint density at radius 3 is 2.65 bits per heavy atom. The Balaban J connectivity index is 1.51. The van der Waals surface area contributed by atoms with Crippen molar-refractivity contribution in [2.75, 3.05) is 18.7 Å². The smallest absolute Gasteiger partial charge is 0.406 e. The van der Waals surface area contributed by atoms with Crippen molar-refractivity contribution in [3.8, 4) is 16.9 Å². The van der Waals surface area contributed by atoms with Crippen molar-refractivity contribution in [1.82, 2.24) is 19.9 Å². The molecule has 2 aromatic carbocycles. The van der Waals surface area contributed by atoms with Gasteiger partial charge < -0.3 is 24.8 Å². The minimum atomic E-state index is -4.86. The first-order valence-electron chi connectivity index (χ1n) is 13.6. The summed E-state index contributed by atoms with van der Waals surface area (Å²) in [7, 11) is 0. The van der Waals surface area contributed by atoms with Crippen molar-refractivity contribution >= 4 is 22.9 Å². The average molecular weight is 598 g/mol. The van der Waals surface area contributed by atoms with Gasteiger partial charge in [-0.05, 0) is 55.7 Å². The number of carbonyl (C=O) groups is 1. The van der Waals surface area contributed by atoms with Crippen molar-refractivity contribution in [2.45, 2.75) is 51.9 Å². The molecule has 1 amide bonds. The normalized spacial score (nSPS) is 16.9. The third-order valence-corrected chi connectivity index (χ3v) is 6.75. The van der Waals surface area contributed by atoms with E-state index in [2.05, 4.69) is 25.3 Å². The molecule has 1 aliphatic rings. The molecule has 13 heteroatoms. The second-order valence-corrected chi connectivity index (χ2v) is 10.4. The third kappa shape index (κ3) is 7.12. The predicted octanol–water partition coefficient (Wildman–Crippen LogP) is 4.39. The first-order chi connectivity index (χ1) is 20.5. The van der Waals surface area contributed by atoms with Crippen LogP contribution >= 0.6 is 0 Å². The van der Waals surface area contributed by atoms with Crippen molar-refractivity contribution in [3.05, 3.63) is 82.3 Å². The Hall–Kier alpha value is -4.49. The van der Waals surface area contributed by atoms with Crippen LogP contribution in [0.25, 0.3) is 22.2 Å². The lowest BCUT2D eigenvalue weighted by Crippen LogP contribution is -2.45. The number of nitrogens with zero attached hydrogens (tertiary/aromatic N) is 3. The number of benzene rings is 2. The molecule has 3 heterocycles. The van der Waals surface area contributed by atoms with Gasteiger partial charge in [0.25, 0.3) is 11.5 Å². The highest BCUT2D eigenvalue weighted by atomic mass is 19.4. The molecule has 1 aliphatic heterocycles. The van der Waals surface area contributed by atoms with E-state index in [0.29, 0.717) is 22.1 Å². The second kappa shape index (κ2) is 12.4. The Labute approximate surface area is 244 Å². The van der Waals surface area contributed by atoms with Crippen molar-refractivity contribution in [2.24, 2.45) is 0 Å². The maximum atomic E-state index is 13.9. The van der Waals surface area contributed by atoms with Crippen LogP contribution in [-0.2, 0) is 20.8 Å². The molecule has 0 unspecified atom stereocenters. The number of pyridine rings is 1. The van der Waals surface area contributed by atoms with E-state index in [0.717, 1.165) is 5.56 Å². The van der Waals surface area contributed by atoms with Crippen LogP contribution in [0.3, 0.4) is 0 Å². The number of fused-ring (bicyclic) bond motifs is 1. The zero-order valence-electron chi connectivity index (χ0n) is 23.6. The molecule has 43 heavy (non-hydrogen) atoms. The van der Waals surface area contributed by atoms with Crippen LogP contribution in [0.5, 0.6) is 5.75 Å². The molecule has 0 radical (unpaired) electrons. The molecule has 1 saturated heterocycles. The SMILES string of the molecule is Cc1ccccc1-c1cc2cnc(NC[C@@H]3OCO[C@H]3C(=O)NC(C)C)nc2n(Cc2cccc(OC(F)(F)F)c2)c1=O. The van der Waals surface area contributed by atoms with Crippen LogP contribution in [0, 0.1) is 6.92 Å². The molecule has 226 valence electrons. The highest BCUT2D eigenvalue weighted by Gasteiger charge is 2.35. The summed E-state index contributed by atoms with van der Waals surface area (Å²) in [6.07, 6.45) is -4.74. The van der Waals surface area contributed by atoms with Gasteiger partial charge in [-0.3, -0.25) is 14.2 Å². The summed E-state index contributed by atoms with van der Waals surface area (Å²) >= 11 is 0. The number of hydrogen-bond donors (Lipinski definition) is 2. The average Bonchev–Trinajstić information content (AvgIpc) is 3.42. The number of alkyl halides is 3. The lowest BCUT2D eigenvalue weighted by Gasteiger charge is -2.19. The number of halogens is 3. The number of nitrogens with one attached hydrogen (secondary N) is 2. The van der Waals surface area contributed by atoms with Gasteiger partial charge in [-0.2, -0.15) is 4.98 Å². The lowest BCUT2D eigenvalue weighted by molar-refractivity contribution is -0.274. The van der Waals surface area contributed by atoms with Gasteiger partial charge in [0.1, 0.15) is 24.3 Å². The van der Waals surface area contributed by atoms with E-state index in [4.69, 9.17) is 9.47 Å². The Kier molecular flexibility index (Phi) is 8.64. The summed E-state index contributed by atoms with van der Waals surface area (Å²) in [6, 6.07) is 14.5. The number of anilines is 1. The van der Waals surface area contributed by atoms with Gasteiger partial charge in [-0.25, -0.2) is 4.98 Å². The number of hydrogen-bond acceptors (Lipinski definition) is 8. The number of aryl methyl sites for hydroxylation is 1. The third-order valence-electron chi connectivity index (χ3n) is 6.75. The van der Waals surface area contributed by atoms with Gasteiger partial charge in [0, 0.05) is 29.7 Å². The van der Waals surface area contributed by atoms with Crippen molar-refractivity contribution in [1.29, 1.82) is 0 Å².